The van der Waals surface area contributed by atoms with E-state index < -0.39 is 0 Å². The van der Waals surface area contributed by atoms with Gasteiger partial charge in [0.25, 0.3) is 0 Å². The lowest BCUT2D eigenvalue weighted by atomic mass is 9.92. The molecule has 0 spiro atoms. The maximum Gasteiger partial charge on any atom is 0.232 e. The van der Waals surface area contributed by atoms with Crippen LogP contribution in [0, 0.1) is 12.8 Å². The molecule has 6 heteroatoms. The molecule has 4 heterocycles. The van der Waals surface area contributed by atoms with Crippen LogP contribution in [0.5, 0.6) is 0 Å². The summed E-state index contributed by atoms with van der Waals surface area (Å²) >= 11 is 1.78. The van der Waals surface area contributed by atoms with Crippen LogP contribution in [0.3, 0.4) is 0 Å². The predicted molar refractivity (Wildman–Crippen MR) is 98.8 cm³/mol. The molecule has 5 nitrogen and oxygen atoms in total. The highest BCUT2D eigenvalue weighted by Gasteiger charge is 2.39. The van der Waals surface area contributed by atoms with Crippen LogP contribution in [0.25, 0.3) is 0 Å². The summed E-state index contributed by atoms with van der Waals surface area (Å²) in [5.74, 6) is 0.132. The summed E-state index contributed by atoms with van der Waals surface area (Å²) in [4.78, 5) is 23.1. The molecule has 0 unspecified atom stereocenters. The number of aryl methyl sites for hydroxylation is 1. The van der Waals surface area contributed by atoms with E-state index in [1.54, 1.807) is 17.5 Å². The maximum absolute atomic E-state index is 13.1. The Bertz CT molecular complexity index is 717. The van der Waals surface area contributed by atoms with Gasteiger partial charge in [-0.25, -0.2) is 0 Å². The Morgan fingerprint density at radius 2 is 2.24 bits per heavy atom. The summed E-state index contributed by atoms with van der Waals surface area (Å²) in [5.41, 5.74) is 1.84. The Morgan fingerprint density at radius 3 is 3.00 bits per heavy atom. The molecular formula is C19H23N3O2S. The van der Waals surface area contributed by atoms with Crippen LogP contribution in [-0.2, 0) is 16.1 Å². The standard InChI is InChI=1S/C19H23N3O2S/c1-14-4-5-15(11-20-14)22-8-9-24-18-13-21(7-6-17(18)19(22)23)12-16-3-2-10-25-16/h2-5,10-11,17-18H,6-9,12-13H2,1H3/t17-,18+/m0/s1. The molecule has 0 bridgehead atoms. The van der Waals surface area contributed by atoms with Gasteiger partial charge in [-0.15, -0.1) is 11.3 Å². The molecule has 25 heavy (non-hydrogen) atoms. The Morgan fingerprint density at radius 1 is 1.32 bits per heavy atom. The van der Waals surface area contributed by atoms with E-state index in [-0.39, 0.29) is 17.9 Å². The van der Waals surface area contributed by atoms with Crippen LogP contribution in [0.4, 0.5) is 5.69 Å². The lowest BCUT2D eigenvalue weighted by Gasteiger charge is -2.36. The van der Waals surface area contributed by atoms with Gasteiger partial charge in [0.15, 0.2) is 0 Å². The van der Waals surface area contributed by atoms with Crippen LogP contribution in [0.15, 0.2) is 35.8 Å². The van der Waals surface area contributed by atoms with Gasteiger partial charge in [0.1, 0.15) is 0 Å². The second-order valence-corrected chi connectivity index (χ2v) is 7.80. The van der Waals surface area contributed by atoms with Crippen molar-refractivity contribution in [3.8, 4) is 0 Å². The van der Waals surface area contributed by atoms with Gasteiger partial charge in [0.2, 0.25) is 5.91 Å². The first-order valence-electron chi connectivity index (χ1n) is 8.81. The van der Waals surface area contributed by atoms with Gasteiger partial charge in [0, 0.05) is 30.2 Å². The zero-order valence-corrected chi connectivity index (χ0v) is 15.2. The molecule has 2 aromatic rings. The quantitative estimate of drug-likeness (QED) is 0.847. The Labute approximate surface area is 152 Å². The first-order chi connectivity index (χ1) is 12.2. The van der Waals surface area contributed by atoms with E-state index in [2.05, 4.69) is 27.4 Å². The second kappa shape index (κ2) is 7.23. The highest BCUT2D eigenvalue weighted by atomic mass is 32.1. The molecule has 2 saturated heterocycles. The number of carbonyl (C=O) groups excluding carboxylic acids is 1. The molecule has 2 atom stereocenters. The van der Waals surface area contributed by atoms with Gasteiger partial charge in [-0.05, 0) is 43.5 Å². The van der Waals surface area contributed by atoms with E-state index in [4.69, 9.17) is 4.74 Å². The SMILES string of the molecule is Cc1ccc(N2CCO[C@@H]3CN(Cc4cccs4)CC[C@@H]3C2=O)cn1. The van der Waals surface area contributed by atoms with Crippen molar-refractivity contribution in [3.63, 3.8) is 0 Å². The third kappa shape index (κ3) is 3.61. The van der Waals surface area contributed by atoms with E-state index in [1.165, 1.54) is 4.88 Å². The fourth-order valence-corrected chi connectivity index (χ4v) is 4.43. The highest BCUT2D eigenvalue weighted by molar-refractivity contribution is 7.09. The van der Waals surface area contributed by atoms with Crippen LogP contribution in [0.1, 0.15) is 17.0 Å². The number of nitrogens with zero attached hydrogens (tertiary/aromatic N) is 3. The minimum absolute atomic E-state index is 0.00961. The van der Waals surface area contributed by atoms with Crippen molar-refractivity contribution in [3.05, 3.63) is 46.4 Å². The van der Waals surface area contributed by atoms with Gasteiger partial charge >= 0.3 is 0 Å². The number of carbonyl (C=O) groups is 1. The maximum atomic E-state index is 13.1. The second-order valence-electron chi connectivity index (χ2n) is 6.77. The first-order valence-corrected chi connectivity index (χ1v) is 9.69. The Hall–Kier alpha value is -1.76. The number of ether oxygens (including phenoxy) is 1. The Kier molecular flexibility index (Phi) is 4.83. The minimum atomic E-state index is -0.0524. The topological polar surface area (TPSA) is 45.7 Å². The van der Waals surface area contributed by atoms with E-state index in [0.717, 1.165) is 37.4 Å². The van der Waals surface area contributed by atoms with Crippen molar-refractivity contribution >= 4 is 22.9 Å². The normalized spacial score (nSPS) is 24.8. The molecule has 0 radical (unpaired) electrons. The number of piperidine rings is 1. The number of anilines is 1. The van der Waals surface area contributed by atoms with E-state index >= 15 is 0 Å². The van der Waals surface area contributed by atoms with Crippen LogP contribution in [0.2, 0.25) is 0 Å². The fraction of sp³-hybridized carbons (Fsp3) is 0.474. The summed E-state index contributed by atoms with van der Waals surface area (Å²) in [7, 11) is 0. The lowest BCUT2D eigenvalue weighted by molar-refractivity contribution is -0.128. The molecule has 0 aromatic carbocycles. The number of rotatable bonds is 3. The molecule has 1 amide bonds. The average molecular weight is 357 g/mol. The summed E-state index contributed by atoms with van der Waals surface area (Å²) < 4.78 is 6.08. The lowest BCUT2D eigenvalue weighted by Crippen LogP contribution is -2.49. The van der Waals surface area contributed by atoms with Gasteiger partial charge < -0.3 is 9.64 Å². The van der Waals surface area contributed by atoms with Gasteiger partial charge in [0.05, 0.1) is 30.5 Å². The largest absolute Gasteiger partial charge is 0.374 e. The number of amides is 1. The monoisotopic (exact) mass is 357 g/mol. The van der Waals surface area contributed by atoms with Crippen molar-refractivity contribution in [1.29, 1.82) is 0 Å². The third-order valence-corrected chi connectivity index (χ3v) is 5.90. The van der Waals surface area contributed by atoms with Crippen LogP contribution < -0.4 is 4.90 Å². The highest BCUT2D eigenvalue weighted by Crippen LogP contribution is 2.29. The molecule has 2 aliphatic heterocycles. The van der Waals surface area contributed by atoms with E-state index in [9.17, 15) is 4.79 Å². The number of hydrogen-bond donors (Lipinski definition) is 0. The predicted octanol–water partition coefficient (Wildman–Crippen LogP) is 2.71. The zero-order valence-electron chi connectivity index (χ0n) is 14.4. The van der Waals surface area contributed by atoms with E-state index in [1.807, 2.05) is 24.0 Å². The van der Waals surface area contributed by atoms with E-state index in [0.29, 0.717) is 13.2 Å². The molecule has 2 aliphatic rings. The van der Waals surface area contributed by atoms with Crippen molar-refractivity contribution in [2.24, 2.45) is 5.92 Å². The van der Waals surface area contributed by atoms with Crippen molar-refractivity contribution in [1.82, 2.24) is 9.88 Å². The van der Waals surface area contributed by atoms with Crippen molar-refractivity contribution in [2.45, 2.75) is 26.0 Å². The summed E-state index contributed by atoms with van der Waals surface area (Å²) in [6, 6.07) is 8.19. The number of aromatic nitrogens is 1. The Balaban J connectivity index is 1.46. The number of likely N-dealkylation sites (tertiary alicyclic amines) is 1. The molecule has 2 fully saturated rings. The number of hydrogen-bond acceptors (Lipinski definition) is 5. The molecule has 0 saturated carbocycles. The van der Waals surface area contributed by atoms with Gasteiger partial charge in [-0.1, -0.05) is 6.07 Å². The smallest absolute Gasteiger partial charge is 0.232 e. The number of thiophene rings is 1. The average Bonchev–Trinajstić information content (AvgIpc) is 3.07. The summed E-state index contributed by atoms with van der Waals surface area (Å²) in [6.45, 7) is 5.85. The summed E-state index contributed by atoms with van der Waals surface area (Å²) in [5, 5.41) is 2.11. The minimum Gasteiger partial charge on any atom is -0.374 e. The molecule has 2 aromatic heterocycles. The first kappa shape index (κ1) is 16.7. The molecule has 132 valence electrons. The molecule has 0 aliphatic carbocycles. The fourth-order valence-electron chi connectivity index (χ4n) is 3.68. The summed E-state index contributed by atoms with van der Waals surface area (Å²) in [6.07, 6.45) is 2.63. The molecular weight excluding hydrogens is 334 g/mol. The molecule has 0 N–H and O–H groups in total. The van der Waals surface area contributed by atoms with Crippen molar-refractivity contribution in [2.75, 3.05) is 31.1 Å². The third-order valence-electron chi connectivity index (χ3n) is 5.04. The number of pyridine rings is 1. The van der Waals surface area contributed by atoms with Gasteiger partial charge in [-0.2, -0.15) is 0 Å². The van der Waals surface area contributed by atoms with Crippen LogP contribution in [-0.4, -0.2) is 48.1 Å². The van der Waals surface area contributed by atoms with Crippen LogP contribution >= 0.6 is 11.3 Å². The zero-order chi connectivity index (χ0) is 17.2. The van der Waals surface area contributed by atoms with Crippen molar-refractivity contribution < 1.29 is 9.53 Å². The molecule has 4 rings (SSSR count). The number of fused-ring (bicyclic) bond motifs is 1. The van der Waals surface area contributed by atoms with Gasteiger partial charge in [-0.3, -0.25) is 14.7 Å².